The van der Waals surface area contributed by atoms with Crippen molar-refractivity contribution in [3.63, 3.8) is 0 Å². The zero-order valence-electron chi connectivity index (χ0n) is 5.53. The molecule has 3 atom stereocenters. The Morgan fingerprint density at radius 3 is 2.70 bits per heavy atom. The Kier molecular flexibility index (Phi) is 2.59. The summed E-state index contributed by atoms with van der Waals surface area (Å²) in [6.45, 7) is -0.808. The average Bonchev–Trinajstić information content (AvgIpc) is 2.34. The zero-order valence-corrected chi connectivity index (χ0v) is 5.53. The molecule has 0 radical (unpaired) electrons. The van der Waals surface area contributed by atoms with Crippen molar-refractivity contribution in [3.05, 3.63) is 0 Å². The van der Waals surface area contributed by atoms with Gasteiger partial charge in [-0.2, -0.15) is 0 Å². The van der Waals surface area contributed by atoms with E-state index in [1.54, 1.807) is 0 Å². The molecule has 1 aliphatic heterocycles. The lowest BCUT2D eigenvalue weighted by atomic mass is 10.1. The van der Waals surface area contributed by atoms with Gasteiger partial charge in [0, 0.05) is 6.42 Å². The molecule has 0 aromatic carbocycles. The number of rotatable bonds is 2. The van der Waals surface area contributed by atoms with Crippen LogP contribution in [0.5, 0.6) is 0 Å². The fraction of sp³-hybridized carbons (Fsp3) is 1.00. The molecule has 0 bridgehead atoms. The number of alkyl halides is 1. The van der Waals surface area contributed by atoms with E-state index < -0.39 is 25.2 Å². The number of ether oxygens (including phenoxy) is 1. The first-order valence-corrected chi connectivity index (χ1v) is 3.31. The van der Waals surface area contributed by atoms with Crippen molar-refractivity contribution < 1.29 is 19.3 Å². The lowest BCUT2D eigenvalue weighted by Gasteiger charge is -2.13. The predicted molar refractivity (Wildman–Crippen MR) is 32.1 cm³/mol. The molecular formula is C6H11FO3. The van der Waals surface area contributed by atoms with E-state index in [1.165, 1.54) is 0 Å². The van der Waals surface area contributed by atoms with Gasteiger partial charge in [-0.1, -0.05) is 0 Å². The molecule has 0 aromatic heterocycles. The molecule has 1 rings (SSSR count). The first-order chi connectivity index (χ1) is 4.74. The summed E-state index contributed by atoms with van der Waals surface area (Å²) in [7, 11) is 0. The SMILES string of the molecule is O[C@H](CF)[C@H]1CC[C@H](O)O1. The number of hydrogen-bond acceptors (Lipinski definition) is 3. The van der Waals surface area contributed by atoms with Gasteiger partial charge in [-0.3, -0.25) is 0 Å². The number of aliphatic hydroxyl groups excluding tert-OH is 2. The third kappa shape index (κ3) is 1.65. The van der Waals surface area contributed by atoms with Gasteiger partial charge in [0.1, 0.15) is 12.8 Å². The second kappa shape index (κ2) is 3.27. The minimum absolute atomic E-state index is 0.488. The fourth-order valence-corrected chi connectivity index (χ4v) is 1.03. The smallest absolute Gasteiger partial charge is 0.155 e. The van der Waals surface area contributed by atoms with Crippen LogP contribution in [-0.2, 0) is 4.74 Å². The maximum Gasteiger partial charge on any atom is 0.155 e. The Bertz CT molecular complexity index is 109. The molecule has 1 saturated heterocycles. The van der Waals surface area contributed by atoms with Gasteiger partial charge in [-0.25, -0.2) is 4.39 Å². The molecule has 10 heavy (non-hydrogen) atoms. The molecule has 4 heteroatoms. The van der Waals surface area contributed by atoms with Crippen LogP contribution in [0.3, 0.4) is 0 Å². The van der Waals surface area contributed by atoms with E-state index in [1.807, 2.05) is 0 Å². The fourth-order valence-electron chi connectivity index (χ4n) is 1.03. The number of halogens is 1. The van der Waals surface area contributed by atoms with Crippen molar-refractivity contribution in [1.29, 1.82) is 0 Å². The van der Waals surface area contributed by atoms with Crippen LogP contribution < -0.4 is 0 Å². The average molecular weight is 150 g/mol. The van der Waals surface area contributed by atoms with Crippen LogP contribution in [0.2, 0.25) is 0 Å². The molecule has 60 valence electrons. The van der Waals surface area contributed by atoms with Crippen molar-refractivity contribution >= 4 is 0 Å². The van der Waals surface area contributed by atoms with Crippen LogP contribution >= 0.6 is 0 Å². The summed E-state index contributed by atoms with van der Waals surface area (Å²) < 4.78 is 16.5. The summed E-state index contributed by atoms with van der Waals surface area (Å²) >= 11 is 0. The largest absolute Gasteiger partial charge is 0.388 e. The quantitative estimate of drug-likeness (QED) is 0.573. The van der Waals surface area contributed by atoms with Crippen LogP contribution in [0.25, 0.3) is 0 Å². The molecule has 1 heterocycles. The van der Waals surface area contributed by atoms with E-state index >= 15 is 0 Å². The van der Waals surface area contributed by atoms with Crippen LogP contribution in [0, 0.1) is 0 Å². The lowest BCUT2D eigenvalue weighted by molar-refractivity contribution is -0.123. The molecule has 0 saturated carbocycles. The first kappa shape index (κ1) is 7.91. The van der Waals surface area contributed by atoms with Gasteiger partial charge in [-0.15, -0.1) is 0 Å². The Morgan fingerprint density at radius 1 is 1.60 bits per heavy atom. The second-order valence-electron chi connectivity index (χ2n) is 2.43. The molecule has 0 aliphatic carbocycles. The van der Waals surface area contributed by atoms with E-state index in [0.717, 1.165) is 0 Å². The van der Waals surface area contributed by atoms with E-state index in [0.29, 0.717) is 12.8 Å². The van der Waals surface area contributed by atoms with Gasteiger partial charge in [0.15, 0.2) is 6.29 Å². The van der Waals surface area contributed by atoms with Gasteiger partial charge in [0.2, 0.25) is 0 Å². The molecule has 0 aromatic rings. The summed E-state index contributed by atoms with van der Waals surface area (Å²) in [4.78, 5) is 0. The van der Waals surface area contributed by atoms with E-state index in [2.05, 4.69) is 0 Å². The standard InChI is InChI=1S/C6H11FO3/c7-3-4(8)5-1-2-6(9)10-5/h4-6,8-9H,1-3H2/t4-,5-,6-/m1/s1. The highest BCUT2D eigenvalue weighted by Crippen LogP contribution is 2.20. The Labute approximate surface area is 58.4 Å². The molecule has 0 amide bonds. The van der Waals surface area contributed by atoms with Gasteiger partial charge >= 0.3 is 0 Å². The maximum atomic E-state index is 11.8. The maximum absolute atomic E-state index is 11.8. The molecule has 1 aliphatic rings. The van der Waals surface area contributed by atoms with Crippen LogP contribution in [0.1, 0.15) is 12.8 Å². The third-order valence-electron chi connectivity index (χ3n) is 1.62. The van der Waals surface area contributed by atoms with E-state index in [9.17, 15) is 4.39 Å². The molecular weight excluding hydrogens is 139 g/mol. The van der Waals surface area contributed by atoms with E-state index in [4.69, 9.17) is 14.9 Å². The first-order valence-electron chi connectivity index (χ1n) is 3.31. The van der Waals surface area contributed by atoms with Crippen LogP contribution in [0.4, 0.5) is 4.39 Å². The minimum atomic E-state index is -1.07. The van der Waals surface area contributed by atoms with Crippen LogP contribution in [-0.4, -0.2) is 35.4 Å². The molecule has 0 spiro atoms. The van der Waals surface area contributed by atoms with Gasteiger partial charge in [0.25, 0.3) is 0 Å². The molecule has 1 fully saturated rings. The summed E-state index contributed by atoms with van der Waals surface area (Å²) in [5, 5.41) is 17.7. The lowest BCUT2D eigenvalue weighted by Crippen LogP contribution is -2.27. The summed E-state index contributed by atoms with van der Waals surface area (Å²) in [5.74, 6) is 0. The zero-order chi connectivity index (χ0) is 7.56. The normalized spacial score (nSPS) is 36.3. The van der Waals surface area contributed by atoms with Crippen molar-refractivity contribution in [2.45, 2.75) is 31.3 Å². The Hall–Kier alpha value is -0.190. The number of hydrogen-bond donors (Lipinski definition) is 2. The topological polar surface area (TPSA) is 49.7 Å². The molecule has 3 nitrogen and oxygen atoms in total. The van der Waals surface area contributed by atoms with Gasteiger partial charge in [-0.05, 0) is 6.42 Å². The highest BCUT2D eigenvalue weighted by molar-refractivity contribution is 4.74. The Balaban J connectivity index is 2.29. The summed E-state index contributed by atoms with van der Waals surface area (Å²) in [6.07, 6.45) is -1.38. The minimum Gasteiger partial charge on any atom is -0.388 e. The van der Waals surface area contributed by atoms with Crippen molar-refractivity contribution in [1.82, 2.24) is 0 Å². The highest BCUT2D eigenvalue weighted by Gasteiger charge is 2.29. The molecule has 0 unspecified atom stereocenters. The molecule has 2 N–H and O–H groups in total. The monoisotopic (exact) mass is 150 g/mol. The second-order valence-corrected chi connectivity index (χ2v) is 2.43. The highest BCUT2D eigenvalue weighted by atomic mass is 19.1. The summed E-state index contributed by atoms with van der Waals surface area (Å²) in [6, 6.07) is 0. The third-order valence-corrected chi connectivity index (χ3v) is 1.62. The van der Waals surface area contributed by atoms with Gasteiger partial charge in [0.05, 0.1) is 6.10 Å². The predicted octanol–water partition coefficient (Wildman–Crippen LogP) is -0.186. The Morgan fingerprint density at radius 2 is 2.30 bits per heavy atom. The summed E-state index contributed by atoms with van der Waals surface area (Å²) in [5.41, 5.74) is 0. The van der Waals surface area contributed by atoms with Crippen molar-refractivity contribution in [2.24, 2.45) is 0 Å². The van der Waals surface area contributed by atoms with Crippen molar-refractivity contribution in [2.75, 3.05) is 6.67 Å². The van der Waals surface area contributed by atoms with Gasteiger partial charge < -0.3 is 14.9 Å². The number of aliphatic hydroxyl groups is 2. The van der Waals surface area contributed by atoms with E-state index in [-0.39, 0.29) is 0 Å². The van der Waals surface area contributed by atoms with Crippen molar-refractivity contribution in [3.8, 4) is 0 Å². The van der Waals surface area contributed by atoms with Crippen LogP contribution in [0.15, 0.2) is 0 Å².